The second-order valence-electron chi connectivity index (χ2n) is 5.75. The molecule has 0 bridgehead atoms. The van der Waals surface area contributed by atoms with Crippen molar-refractivity contribution in [3.63, 3.8) is 0 Å². The molecule has 1 aromatic rings. The van der Waals surface area contributed by atoms with Crippen LogP contribution in [0.15, 0.2) is 29.2 Å². The molecule has 2 N–H and O–H groups in total. The highest BCUT2D eigenvalue weighted by atomic mass is 32.2. The lowest BCUT2D eigenvalue weighted by Crippen LogP contribution is -2.28. The van der Waals surface area contributed by atoms with Gasteiger partial charge in [0.1, 0.15) is 0 Å². The van der Waals surface area contributed by atoms with Crippen LogP contribution >= 0.6 is 0 Å². The Morgan fingerprint density at radius 1 is 1.25 bits per heavy atom. The second kappa shape index (κ2) is 6.70. The maximum absolute atomic E-state index is 12.2. The number of aliphatic hydroxyl groups excluding tert-OH is 1. The van der Waals surface area contributed by atoms with Gasteiger partial charge in [-0.15, -0.1) is 0 Å². The lowest BCUT2D eigenvalue weighted by molar-refractivity contribution is 0.299. The zero-order valence-electron chi connectivity index (χ0n) is 11.9. The van der Waals surface area contributed by atoms with E-state index in [2.05, 4.69) is 11.6 Å². The van der Waals surface area contributed by atoms with Gasteiger partial charge in [0.15, 0.2) is 0 Å². The Morgan fingerprint density at radius 3 is 2.50 bits per heavy atom. The van der Waals surface area contributed by atoms with Crippen LogP contribution < -0.4 is 4.72 Å². The molecular weight excluding hydrogens is 274 g/mol. The minimum Gasteiger partial charge on any atom is -0.396 e. The first-order valence-electron chi connectivity index (χ1n) is 7.20. The van der Waals surface area contributed by atoms with Gasteiger partial charge in [-0.05, 0) is 48.8 Å². The first kappa shape index (κ1) is 15.5. The summed E-state index contributed by atoms with van der Waals surface area (Å²) in [5, 5.41) is 8.85. The number of aliphatic hydroxyl groups is 1. The van der Waals surface area contributed by atoms with Crippen molar-refractivity contribution in [2.45, 2.75) is 37.5 Å². The quantitative estimate of drug-likeness (QED) is 0.843. The molecule has 4 nitrogen and oxygen atoms in total. The van der Waals surface area contributed by atoms with E-state index >= 15 is 0 Å². The summed E-state index contributed by atoms with van der Waals surface area (Å²) in [4.78, 5) is 0.297. The minimum atomic E-state index is -3.41. The molecule has 0 heterocycles. The molecule has 1 fully saturated rings. The van der Waals surface area contributed by atoms with Gasteiger partial charge in [-0.2, -0.15) is 0 Å². The van der Waals surface area contributed by atoms with Gasteiger partial charge in [0.05, 0.1) is 4.90 Å². The summed E-state index contributed by atoms with van der Waals surface area (Å²) in [6.45, 7) is 2.82. The highest BCUT2D eigenvalue weighted by molar-refractivity contribution is 7.89. The Morgan fingerprint density at radius 2 is 1.95 bits per heavy atom. The Bertz CT molecular complexity index is 525. The fraction of sp³-hybridized carbons (Fsp3) is 0.600. The van der Waals surface area contributed by atoms with Crippen molar-refractivity contribution >= 4 is 10.0 Å². The molecule has 0 amide bonds. The summed E-state index contributed by atoms with van der Waals surface area (Å²) in [5.74, 6) is 1.18. The van der Waals surface area contributed by atoms with Gasteiger partial charge >= 0.3 is 0 Å². The Hall–Kier alpha value is -0.910. The van der Waals surface area contributed by atoms with E-state index in [4.69, 9.17) is 5.11 Å². The second-order valence-corrected chi connectivity index (χ2v) is 7.52. The van der Waals surface area contributed by atoms with Gasteiger partial charge in [-0.3, -0.25) is 0 Å². The minimum absolute atomic E-state index is 0.0736. The van der Waals surface area contributed by atoms with Gasteiger partial charge in [-0.1, -0.05) is 25.5 Å². The third-order valence-corrected chi connectivity index (χ3v) is 5.44. The molecule has 5 heteroatoms. The molecule has 2 rings (SSSR count). The van der Waals surface area contributed by atoms with Crippen molar-refractivity contribution in [2.75, 3.05) is 13.2 Å². The van der Waals surface area contributed by atoms with Gasteiger partial charge < -0.3 is 5.11 Å². The van der Waals surface area contributed by atoms with E-state index in [0.29, 0.717) is 29.7 Å². The van der Waals surface area contributed by atoms with E-state index < -0.39 is 10.0 Å². The van der Waals surface area contributed by atoms with Gasteiger partial charge in [-0.25, -0.2) is 13.1 Å². The molecule has 1 saturated carbocycles. The number of rotatable bonds is 6. The molecule has 0 radical (unpaired) electrons. The van der Waals surface area contributed by atoms with E-state index in [9.17, 15) is 8.42 Å². The summed E-state index contributed by atoms with van der Waals surface area (Å²) in [6.07, 6.45) is 3.97. The molecule has 1 aliphatic carbocycles. The SMILES string of the molecule is CC1CCC(CNS(=O)(=O)c2ccc(CCO)cc2)C1. The molecule has 2 atom stereocenters. The number of sulfonamides is 1. The van der Waals surface area contributed by atoms with Gasteiger partial charge in [0.2, 0.25) is 10.0 Å². The van der Waals surface area contributed by atoms with E-state index in [1.165, 1.54) is 6.42 Å². The van der Waals surface area contributed by atoms with Gasteiger partial charge in [0, 0.05) is 13.2 Å². The van der Waals surface area contributed by atoms with Crippen LogP contribution in [0.5, 0.6) is 0 Å². The molecule has 1 aromatic carbocycles. The molecular formula is C15H23NO3S. The summed E-state index contributed by atoms with van der Waals surface area (Å²) >= 11 is 0. The van der Waals surface area contributed by atoms with Crippen LogP contribution in [0.25, 0.3) is 0 Å². The van der Waals surface area contributed by atoms with Crippen LogP contribution in [-0.4, -0.2) is 26.7 Å². The Balaban J connectivity index is 1.95. The average molecular weight is 297 g/mol. The monoisotopic (exact) mass is 297 g/mol. The lowest BCUT2D eigenvalue weighted by Gasteiger charge is -2.12. The zero-order valence-corrected chi connectivity index (χ0v) is 12.7. The normalized spacial score (nSPS) is 23.1. The lowest BCUT2D eigenvalue weighted by atomic mass is 10.1. The zero-order chi connectivity index (χ0) is 14.6. The van der Waals surface area contributed by atoms with E-state index in [-0.39, 0.29) is 6.61 Å². The molecule has 0 aliphatic heterocycles. The highest BCUT2D eigenvalue weighted by Crippen LogP contribution is 2.29. The largest absolute Gasteiger partial charge is 0.396 e. The summed E-state index contributed by atoms with van der Waals surface area (Å²) in [5.41, 5.74) is 0.941. The third kappa shape index (κ3) is 4.04. The van der Waals surface area contributed by atoms with Crippen molar-refractivity contribution in [1.29, 1.82) is 0 Å². The molecule has 0 saturated heterocycles. The van der Waals surface area contributed by atoms with Crippen molar-refractivity contribution < 1.29 is 13.5 Å². The first-order valence-corrected chi connectivity index (χ1v) is 8.69. The maximum atomic E-state index is 12.2. The van der Waals surface area contributed by atoms with E-state index in [1.54, 1.807) is 24.3 Å². The first-order chi connectivity index (χ1) is 9.51. The highest BCUT2D eigenvalue weighted by Gasteiger charge is 2.23. The van der Waals surface area contributed by atoms with Crippen LogP contribution in [-0.2, 0) is 16.4 Å². The van der Waals surface area contributed by atoms with Crippen LogP contribution in [0.1, 0.15) is 31.7 Å². The molecule has 0 spiro atoms. The summed E-state index contributed by atoms with van der Waals surface area (Å²) < 4.78 is 27.1. The predicted octanol–water partition coefficient (Wildman–Crippen LogP) is 1.94. The maximum Gasteiger partial charge on any atom is 0.240 e. The van der Waals surface area contributed by atoms with Crippen LogP contribution in [0.4, 0.5) is 0 Å². The summed E-state index contributed by atoms with van der Waals surface area (Å²) in [7, 11) is -3.41. The number of hydrogen-bond donors (Lipinski definition) is 2. The van der Waals surface area contributed by atoms with Crippen molar-refractivity contribution in [1.82, 2.24) is 4.72 Å². The van der Waals surface area contributed by atoms with E-state index in [0.717, 1.165) is 18.4 Å². The number of nitrogens with one attached hydrogen (secondary N) is 1. The number of benzene rings is 1. The molecule has 1 aliphatic rings. The van der Waals surface area contributed by atoms with Gasteiger partial charge in [0.25, 0.3) is 0 Å². The fourth-order valence-corrected chi connectivity index (χ4v) is 3.90. The van der Waals surface area contributed by atoms with Crippen molar-refractivity contribution in [3.8, 4) is 0 Å². The predicted molar refractivity (Wildman–Crippen MR) is 78.9 cm³/mol. The fourth-order valence-electron chi connectivity index (χ4n) is 2.79. The van der Waals surface area contributed by atoms with Crippen LogP contribution in [0.3, 0.4) is 0 Å². The Labute approximate surface area is 121 Å². The van der Waals surface area contributed by atoms with Crippen molar-refractivity contribution in [3.05, 3.63) is 29.8 Å². The van der Waals surface area contributed by atoms with E-state index in [1.807, 2.05) is 0 Å². The Kier molecular flexibility index (Phi) is 5.18. The average Bonchev–Trinajstić information content (AvgIpc) is 2.84. The van der Waals surface area contributed by atoms with Crippen LogP contribution in [0.2, 0.25) is 0 Å². The molecule has 112 valence electrons. The molecule has 20 heavy (non-hydrogen) atoms. The van der Waals surface area contributed by atoms with Crippen LogP contribution in [0, 0.1) is 11.8 Å². The summed E-state index contributed by atoms with van der Waals surface area (Å²) in [6, 6.07) is 6.71. The number of hydrogen-bond acceptors (Lipinski definition) is 3. The smallest absolute Gasteiger partial charge is 0.240 e. The molecule has 2 unspecified atom stereocenters. The third-order valence-electron chi connectivity index (χ3n) is 4.00. The van der Waals surface area contributed by atoms with Crippen molar-refractivity contribution in [2.24, 2.45) is 11.8 Å². The topological polar surface area (TPSA) is 66.4 Å². The molecule has 0 aromatic heterocycles. The standard InChI is InChI=1S/C15H23NO3S/c1-12-2-3-14(10-12)11-16-20(18,19)15-6-4-13(5-7-15)8-9-17/h4-7,12,14,16-17H,2-3,8-11H2,1H3.